The van der Waals surface area contributed by atoms with E-state index in [1.54, 1.807) is 18.2 Å². The Labute approximate surface area is 127 Å². The summed E-state index contributed by atoms with van der Waals surface area (Å²) in [7, 11) is -3.39. The van der Waals surface area contributed by atoms with Gasteiger partial charge in [0, 0.05) is 6.26 Å². The summed E-state index contributed by atoms with van der Waals surface area (Å²) in [5.41, 5.74) is 0.865. The molecule has 0 aliphatic carbocycles. The van der Waals surface area contributed by atoms with Gasteiger partial charge in [-0.1, -0.05) is 23.7 Å². The van der Waals surface area contributed by atoms with E-state index in [2.05, 4.69) is 5.32 Å². The van der Waals surface area contributed by atoms with Crippen LogP contribution in [0.15, 0.2) is 47.4 Å². The second-order valence-corrected chi connectivity index (χ2v) is 6.78. The van der Waals surface area contributed by atoms with Crippen LogP contribution >= 0.6 is 11.6 Å². The minimum Gasteiger partial charge on any atom is -0.478 e. The molecule has 0 atom stereocenters. The smallest absolute Gasteiger partial charge is 0.335 e. The average molecular weight is 326 g/mol. The first kappa shape index (κ1) is 15.3. The summed E-state index contributed by atoms with van der Waals surface area (Å²) in [5, 5.41) is 12.0. The summed E-state index contributed by atoms with van der Waals surface area (Å²) in [4.78, 5) is 11.0. The van der Waals surface area contributed by atoms with Crippen LogP contribution in [-0.4, -0.2) is 25.7 Å². The highest BCUT2D eigenvalue weighted by Gasteiger charge is 2.14. The van der Waals surface area contributed by atoms with E-state index in [1.165, 1.54) is 24.3 Å². The van der Waals surface area contributed by atoms with Crippen molar-refractivity contribution < 1.29 is 18.3 Å². The highest BCUT2D eigenvalue weighted by molar-refractivity contribution is 7.90. The number of aromatic carboxylic acids is 1. The lowest BCUT2D eigenvalue weighted by molar-refractivity contribution is 0.0697. The third-order valence-electron chi connectivity index (χ3n) is 2.77. The minimum absolute atomic E-state index is 0.0574. The average Bonchev–Trinajstić information content (AvgIpc) is 2.40. The van der Waals surface area contributed by atoms with E-state index in [1.807, 2.05) is 0 Å². The van der Waals surface area contributed by atoms with Crippen LogP contribution in [0.25, 0.3) is 0 Å². The first-order valence-electron chi connectivity index (χ1n) is 5.88. The van der Waals surface area contributed by atoms with Crippen LogP contribution in [0.5, 0.6) is 0 Å². The van der Waals surface area contributed by atoms with E-state index < -0.39 is 15.8 Å². The molecule has 0 radical (unpaired) electrons. The fraction of sp³-hybridized carbons (Fsp3) is 0.0714. The molecule has 7 heteroatoms. The van der Waals surface area contributed by atoms with E-state index in [0.29, 0.717) is 11.4 Å². The van der Waals surface area contributed by atoms with Gasteiger partial charge in [0.1, 0.15) is 0 Å². The summed E-state index contributed by atoms with van der Waals surface area (Å²) < 4.78 is 23.4. The van der Waals surface area contributed by atoms with Crippen molar-refractivity contribution in [2.45, 2.75) is 4.90 Å². The number of carboxylic acids is 1. The molecule has 0 aliphatic heterocycles. The minimum atomic E-state index is -3.39. The van der Waals surface area contributed by atoms with E-state index in [9.17, 15) is 13.2 Å². The monoisotopic (exact) mass is 325 g/mol. The Balaban J connectivity index is 2.42. The molecule has 0 bridgehead atoms. The van der Waals surface area contributed by atoms with E-state index in [4.69, 9.17) is 16.7 Å². The molecule has 5 nitrogen and oxygen atoms in total. The van der Waals surface area contributed by atoms with E-state index >= 15 is 0 Å². The van der Waals surface area contributed by atoms with Gasteiger partial charge >= 0.3 is 5.97 Å². The summed E-state index contributed by atoms with van der Waals surface area (Å²) in [5.74, 6) is -1.08. The number of anilines is 2. The predicted molar refractivity (Wildman–Crippen MR) is 81.2 cm³/mol. The number of halogens is 1. The molecule has 0 spiro atoms. The molecule has 0 saturated carbocycles. The fourth-order valence-electron chi connectivity index (χ4n) is 1.79. The molecule has 0 amide bonds. The van der Waals surface area contributed by atoms with Crippen molar-refractivity contribution in [1.29, 1.82) is 0 Å². The molecule has 0 aliphatic rings. The van der Waals surface area contributed by atoms with Crippen LogP contribution in [0.2, 0.25) is 5.02 Å². The van der Waals surface area contributed by atoms with Gasteiger partial charge in [-0.3, -0.25) is 0 Å². The van der Waals surface area contributed by atoms with Crippen molar-refractivity contribution in [2.24, 2.45) is 0 Å². The third-order valence-corrected chi connectivity index (χ3v) is 4.24. The first-order chi connectivity index (χ1) is 9.79. The molecule has 2 aromatic carbocycles. The molecule has 0 unspecified atom stereocenters. The largest absolute Gasteiger partial charge is 0.478 e. The highest BCUT2D eigenvalue weighted by atomic mass is 35.5. The normalized spacial score (nSPS) is 11.1. The quantitative estimate of drug-likeness (QED) is 0.902. The maximum absolute atomic E-state index is 11.7. The molecule has 2 rings (SSSR count). The molecule has 0 fully saturated rings. The second-order valence-electron chi connectivity index (χ2n) is 4.39. The van der Waals surface area contributed by atoms with Gasteiger partial charge in [0.05, 0.1) is 26.9 Å². The number of sulfone groups is 1. The lowest BCUT2D eigenvalue weighted by Gasteiger charge is -2.12. The zero-order chi connectivity index (χ0) is 15.6. The van der Waals surface area contributed by atoms with E-state index in [0.717, 1.165) is 6.26 Å². The maximum Gasteiger partial charge on any atom is 0.335 e. The van der Waals surface area contributed by atoms with Gasteiger partial charge in [-0.05, 0) is 30.3 Å². The third kappa shape index (κ3) is 3.53. The van der Waals surface area contributed by atoms with Gasteiger partial charge in [0.2, 0.25) is 0 Å². The van der Waals surface area contributed by atoms with Crippen molar-refractivity contribution in [3.63, 3.8) is 0 Å². The topological polar surface area (TPSA) is 83.5 Å². The van der Waals surface area contributed by atoms with Gasteiger partial charge < -0.3 is 10.4 Å². The molecular weight excluding hydrogens is 314 g/mol. The Bertz CT molecular complexity index is 802. The van der Waals surface area contributed by atoms with Crippen molar-refractivity contribution in [1.82, 2.24) is 0 Å². The molecule has 2 N–H and O–H groups in total. The lowest BCUT2D eigenvalue weighted by Crippen LogP contribution is -2.03. The lowest BCUT2D eigenvalue weighted by atomic mass is 10.2. The Morgan fingerprint density at radius 3 is 2.38 bits per heavy atom. The number of carbonyl (C=O) groups is 1. The van der Waals surface area contributed by atoms with Crippen LogP contribution in [0.4, 0.5) is 11.4 Å². The summed E-state index contributed by atoms with van der Waals surface area (Å²) >= 11 is 6.01. The molecule has 110 valence electrons. The van der Waals surface area contributed by atoms with Crippen LogP contribution in [0, 0.1) is 0 Å². The van der Waals surface area contributed by atoms with Crippen LogP contribution in [0.1, 0.15) is 10.4 Å². The Hall–Kier alpha value is -2.05. The molecule has 21 heavy (non-hydrogen) atoms. The summed E-state index contributed by atoms with van der Waals surface area (Å²) in [6, 6.07) is 10.6. The Morgan fingerprint density at radius 2 is 1.81 bits per heavy atom. The van der Waals surface area contributed by atoms with E-state index in [-0.39, 0.29) is 15.5 Å². The predicted octanol–water partition coefficient (Wildman–Crippen LogP) is 3.19. The van der Waals surface area contributed by atoms with Crippen molar-refractivity contribution in [2.75, 3.05) is 11.6 Å². The molecule has 0 aromatic heterocycles. The van der Waals surface area contributed by atoms with Crippen LogP contribution < -0.4 is 5.32 Å². The summed E-state index contributed by atoms with van der Waals surface area (Å²) in [6.45, 7) is 0. The molecule has 0 saturated heterocycles. The number of nitrogens with one attached hydrogen (secondary N) is 1. The summed E-state index contributed by atoms with van der Waals surface area (Å²) in [6.07, 6.45) is 1.11. The standard InChI is InChI=1S/C14H12ClNO4S/c1-21(19,20)13-5-3-2-4-12(13)16-11-7-6-9(14(17)18)8-10(11)15/h2-8,16H,1H3,(H,17,18). The Morgan fingerprint density at radius 1 is 1.14 bits per heavy atom. The molecular formula is C14H12ClNO4S. The molecule has 2 aromatic rings. The van der Waals surface area contributed by atoms with Gasteiger partial charge in [0.25, 0.3) is 0 Å². The second kappa shape index (κ2) is 5.75. The number of hydrogen-bond acceptors (Lipinski definition) is 4. The van der Waals surface area contributed by atoms with Gasteiger partial charge in [0.15, 0.2) is 9.84 Å². The van der Waals surface area contributed by atoms with Crippen molar-refractivity contribution in [3.8, 4) is 0 Å². The zero-order valence-corrected chi connectivity index (χ0v) is 12.6. The number of benzene rings is 2. The van der Waals surface area contributed by atoms with Gasteiger partial charge in [-0.15, -0.1) is 0 Å². The Kier molecular flexibility index (Phi) is 4.20. The maximum atomic E-state index is 11.7. The molecule has 0 heterocycles. The van der Waals surface area contributed by atoms with Crippen molar-refractivity contribution in [3.05, 3.63) is 53.1 Å². The highest BCUT2D eigenvalue weighted by Crippen LogP contribution is 2.29. The number of para-hydroxylation sites is 1. The van der Waals surface area contributed by atoms with Crippen LogP contribution in [-0.2, 0) is 9.84 Å². The zero-order valence-electron chi connectivity index (χ0n) is 11.0. The number of carboxylic acid groups (broad SMARTS) is 1. The number of hydrogen-bond donors (Lipinski definition) is 2. The van der Waals surface area contributed by atoms with Gasteiger partial charge in [-0.2, -0.15) is 0 Å². The SMILES string of the molecule is CS(=O)(=O)c1ccccc1Nc1ccc(C(=O)O)cc1Cl. The van der Waals surface area contributed by atoms with Gasteiger partial charge in [-0.25, -0.2) is 13.2 Å². The number of rotatable bonds is 4. The fourth-order valence-corrected chi connectivity index (χ4v) is 2.86. The van der Waals surface area contributed by atoms with Crippen molar-refractivity contribution >= 4 is 38.8 Å². The van der Waals surface area contributed by atoms with Crippen LogP contribution in [0.3, 0.4) is 0 Å². The first-order valence-corrected chi connectivity index (χ1v) is 8.15.